The molecule has 2 aromatic carbocycles. The maximum Gasteiger partial charge on any atom is 0.238 e. The van der Waals surface area contributed by atoms with Gasteiger partial charge in [-0.2, -0.15) is 0 Å². The molecular weight excluding hydrogens is 316 g/mol. The van der Waals surface area contributed by atoms with Gasteiger partial charge in [-0.15, -0.1) is 0 Å². The van der Waals surface area contributed by atoms with Crippen LogP contribution in [0.2, 0.25) is 0 Å². The first-order valence-electron chi connectivity index (χ1n) is 8.36. The molecule has 0 saturated carbocycles. The lowest BCUT2D eigenvalue weighted by atomic mass is 10.1. The molecule has 1 unspecified atom stereocenters. The number of rotatable bonds is 8. The average molecular weight is 342 g/mol. The third kappa shape index (κ3) is 6.21. The van der Waals surface area contributed by atoms with Gasteiger partial charge in [0.15, 0.2) is 0 Å². The number of carbonyl (C=O) groups excluding carboxylic acids is 1. The van der Waals surface area contributed by atoms with Crippen molar-refractivity contribution >= 4 is 11.6 Å². The van der Waals surface area contributed by atoms with Gasteiger partial charge >= 0.3 is 0 Å². The van der Waals surface area contributed by atoms with Crippen LogP contribution in [-0.4, -0.2) is 48.8 Å². The topological polar surface area (TPSA) is 61.8 Å². The third-order valence-electron chi connectivity index (χ3n) is 4.00. The summed E-state index contributed by atoms with van der Waals surface area (Å²) in [7, 11) is 1.80. The quantitative estimate of drug-likeness (QED) is 0.774. The van der Waals surface area contributed by atoms with Gasteiger partial charge in [-0.3, -0.25) is 9.69 Å². The Kier molecular flexibility index (Phi) is 6.98. The predicted molar refractivity (Wildman–Crippen MR) is 100.0 cm³/mol. The van der Waals surface area contributed by atoms with E-state index >= 15 is 0 Å². The summed E-state index contributed by atoms with van der Waals surface area (Å²) >= 11 is 0. The highest BCUT2D eigenvalue weighted by atomic mass is 16.5. The lowest BCUT2D eigenvalue weighted by Crippen LogP contribution is -2.37. The van der Waals surface area contributed by atoms with E-state index in [0.29, 0.717) is 6.54 Å². The van der Waals surface area contributed by atoms with Crippen molar-refractivity contribution in [1.29, 1.82) is 0 Å². The van der Waals surface area contributed by atoms with Crippen molar-refractivity contribution < 1.29 is 14.6 Å². The van der Waals surface area contributed by atoms with Gasteiger partial charge in [0.1, 0.15) is 18.5 Å². The van der Waals surface area contributed by atoms with Crippen molar-refractivity contribution in [2.24, 2.45) is 0 Å². The minimum Gasteiger partial charge on any atom is -0.491 e. The fourth-order valence-corrected chi connectivity index (χ4v) is 2.51. The van der Waals surface area contributed by atoms with Crippen molar-refractivity contribution in [2.45, 2.75) is 20.0 Å². The van der Waals surface area contributed by atoms with Gasteiger partial charge in [0, 0.05) is 12.2 Å². The zero-order valence-electron chi connectivity index (χ0n) is 15.0. The molecule has 25 heavy (non-hydrogen) atoms. The van der Waals surface area contributed by atoms with Gasteiger partial charge in [0.05, 0.1) is 6.54 Å². The van der Waals surface area contributed by atoms with E-state index in [1.807, 2.05) is 62.4 Å². The van der Waals surface area contributed by atoms with Crippen LogP contribution in [0.3, 0.4) is 0 Å². The predicted octanol–water partition coefficient (Wildman–Crippen LogP) is 2.61. The van der Waals surface area contributed by atoms with E-state index in [-0.39, 0.29) is 19.1 Å². The van der Waals surface area contributed by atoms with Crippen LogP contribution in [0.25, 0.3) is 0 Å². The molecule has 2 rings (SSSR count). The number of likely N-dealkylation sites (N-methyl/N-ethyl adjacent to an activating group) is 1. The standard InChI is InChI=1S/C20H26N2O3/c1-15-8-7-11-19(16(15)2)21-20(24)13-22(3)12-17(23)14-25-18-9-5-4-6-10-18/h4-11,17,23H,12-14H2,1-3H3,(H,21,24). The van der Waals surface area contributed by atoms with Crippen molar-refractivity contribution in [1.82, 2.24) is 4.90 Å². The van der Waals surface area contributed by atoms with Crippen molar-refractivity contribution in [3.63, 3.8) is 0 Å². The number of carbonyl (C=O) groups is 1. The molecule has 0 aliphatic heterocycles. The van der Waals surface area contributed by atoms with E-state index in [1.54, 1.807) is 11.9 Å². The van der Waals surface area contributed by atoms with Crippen LogP contribution >= 0.6 is 0 Å². The molecule has 134 valence electrons. The smallest absolute Gasteiger partial charge is 0.238 e. The van der Waals surface area contributed by atoms with Gasteiger partial charge in [-0.05, 0) is 50.2 Å². The van der Waals surface area contributed by atoms with E-state index in [2.05, 4.69) is 5.32 Å². The fraction of sp³-hybridized carbons (Fsp3) is 0.350. The summed E-state index contributed by atoms with van der Waals surface area (Å²) in [6.45, 7) is 4.75. The average Bonchev–Trinajstić information content (AvgIpc) is 2.58. The van der Waals surface area contributed by atoms with Gasteiger partial charge < -0.3 is 15.2 Å². The van der Waals surface area contributed by atoms with E-state index in [4.69, 9.17) is 4.74 Å². The van der Waals surface area contributed by atoms with Gasteiger partial charge in [0.2, 0.25) is 5.91 Å². The number of nitrogens with zero attached hydrogens (tertiary/aromatic N) is 1. The summed E-state index contributed by atoms with van der Waals surface area (Å²) in [4.78, 5) is 14.0. The third-order valence-corrected chi connectivity index (χ3v) is 4.00. The summed E-state index contributed by atoms with van der Waals surface area (Å²) < 4.78 is 5.52. The lowest BCUT2D eigenvalue weighted by Gasteiger charge is -2.20. The summed E-state index contributed by atoms with van der Waals surface area (Å²) in [6, 6.07) is 15.2. The number of hydrogen-bond acceptors (Lipinski definition) is 4. The van der Waals surface area contributed by atoms with Crippen molar-refractivity contribution in [2.75, 3.05) is 32.1 Å². The molecule has 2 N–H and O–H groups in total. The molecule has 0 spiro atoms. The minimum atomic E-state index is -0.668. The number of para-hydroxylation sites is 1. The van der Waals surface area contributed by atoms with E-state index < -0.39 is 6.10 Å². The molecule has 0 saturated heterocycles. The number of amides is 1. The number of benzene rings is 2. The molecule has 0 aliphatic rings. The second kappa shape index (κ2) is 9.20. The summed E-state index contributed by atoms with van der Waals surface area (Å²) in [5, 5.41) is 13.0. The maximum atomic E-state index is 12.2. The van der Waals surface area contributed by atoms with Crippen molar-refractivity contribution in [3.8, 4) is 5.75 Å². The van der Waals surface area contributed by atoms with Crippen LogP contribution in [-0.2, 0) is 4.79 Å². The van der Waals surface area contributed by atoms with Crippen LogP contribution in [0.1, 0.15) is 11.1 Å². The SMILES string of the molecule is Cc1cccc(NC(=O)CN(C)CC(O)COc2ccccc2)c1C. The Morgan fingerprint density at radius 1 is 1.16 bits per heavy atom. The second-order valence-electron chi connectivity index (χ2n) is 6.27. The number of hydrogen-bond donors (Lipinski definition) is 2. The number of nitrogens with one attached hydrogen (secondary N) is 1. The van der Waals surface area contributed by atoms with Crippen LogP contribution in [0, 0.1) is 13.8 Å². The maximum absolute atomic E-state index is 12.2. The Bertz CT molecular complexity index is 689. The molecule has 0 aliphatic carbocycles. The first-order valence-corrected chi connectivity index (χ1v) is 8.36. The monoisotopic (exact) mass is 342 g/mol. The Labute approximate surface area is 149 Å². The summed E-state index contributed by atoms with van der Waals surface area (Å²) in [6.07, 6.45) is -0.668. The first kappa shape index (κ1) is 19.0. The number of aliphatic hydroxyl groups is 1. The summed E-state index contributed by atoms with van der Waals surface area (Å²) in [5.74, 6) is 0.615. The zero-order valence-corrected chi connectivity index (χ0v) is 15.0. The second-order valence-corrected chi connectivity index (χ2v) is 6.27. The lowest BCUT2D eigenvalue weighted by molar-refractivity contribution is -0.117. The molecule has 1 amide bonds. The highest BCUT2D eigenvalue weighted by Gasteiger charge is 2.13. The van der Waals surface area contributed by atoms with Crippen LogP contribution < -0.4 is 10.1 Å². The Hall–Kier alpha value is -2.37. The van der Waals surface area contributed by atoms with E-state index in [1.165, 1.54) is 0 Å². The number of aliphatic hydroxyl groups excluding tert-OH is 1. The number of ether oxygens (including phenoxy) is 1. The zero-order chi connectivity index (χ0) is 18.2. The molecule has 0 fully saturated rings. The molecule has 1 atom stereocenters. The molecule has 5 heteroatoms. The molecular formula is C20H26N2O3. The van der Waals surface area contributed by atoms with Gasteiger partial charge in [-0.1, -0.05) is 30.3 Å². The van der Waals surface area contributed by atoms with Gasteiger partial charge in [0.25, 0.3) is 0 Å². The summed E-state index contributed by atoms with van der Waals surface area (Å²) in [5.41, 5.74) is 3.03. The van der Waals surface area contributed by atoms with Crippen LogP contribution in [0.5, 0.6) is 5.75 Å². The Balaban J connectivity index is 1.76. The molecule has 0 aromatic heterocycles. The normalized spacial score (nSPS) is 12.0. The molecule has 0 radical (unpaired) electrons. The largest absolute Gasteiger partial charge is 0.491 e. The molecule has 2 aromatic rings. The van der Waals surface area contributed by atoms with E-state index in [9.17, 15) is 9.90 Å². The van der Waals surface area contributed by atoms with Gasteiger partial charge in [-0.25, -0.2) is 0 Å². The Morgan fingerprint density at radius 2 is 1.88 bits per heavy atom. The van der Waals surface area contributed by atoms with Crippen LogP contribution in [0.15, 0.2) is 48.5 Å². The highest BCUT2D eigenvalue weighted by molar-refractivity contribution is 5.93. The fourth-order valence-electron chi connectivity index (χ4n) is 2.51. The molecule has 0 bridgehead atoms. The first-order chi connectivity index (χ1) is 12.0. The van der Waals surface area contributed by atoms with Crippen molar-refractivity contribution in [3.05, 3.63) is 59.7 Å². The van der Waals surface area contributed by atoms with E-state index in [0.717, 1.165) is 22.6 Å². The number of aryl methyl sites for hydroxylation is 1. The van der Waals surface area contributed by atoms with Crippen LogP contribution in [0.4, 0.5) is 5.69 Å². The Morgan fingerprint density at radius 3 is 2.60 bits per heavy atom. The number of anilines is 1. The molecule has 0 heterocycles. The highest BCUT2D eigenvalue weighted by Crippen LogP contribution is 2.17. The minimum absolute atomic E-state index is 0.104. The molecule has 5 nitrogen and oxygen atoms in total.